The van der Waals surface area contributed by atoms with Crippen molar-refractivity contribution in [3.63, 3.8) is 0 Å². The first-order chi connectivity index (χ1) is 8.33. The molecule has 0 spiro atoms. The first-order valence-electron chi connectivity index (χ1n) is 5.63. The molecule has 1 aliphatic carbocycles. The van der Waals surface area contributed by atoms with Crippen LogP contribution in [0.4, 0.5) is 5.69 Å². The number of nitrogens with one attached hydrogen (secondary N) is 1. The summed E-state index contributed by atoms with van der Waals surface area (Å²) < 4.78 is 6.77. The normalized spacial score (nSPS) is 14.9. The minimum Gasteiger partial charge on any atom is -0.423 e. The number of hydrogen-bond acceptors (Lipinski definition) is 4. The van der Waals surface area contributed by atoms with Gasteiger partial charge in [-0.3, -0.25) is 0 Å². The summed E-state index contributed by atoms with van der Waals surface area (Å²) in [6, 6.07) is 8.13. The van der Waals surface area contributed by atoms with Gasteiger partial charge in [-0.1, -0.05) is 12.1 Å². The van der Waals surface area contributed by atoms with Crippen LogP contribution in [-0.4, -0.2) is 10.2 Å². The van der Waals surface area contributed by atoms with Gasteiger partial charge in [-0.2, -0.15) is 0 Å². The maximum atomic E-state index is 5.58. The van der Waals surface area contributed by atoms with E-state index in [1.807, 2.05) is 18.2 Å². The second-order valence-corrected chi connectivity index (χ2v) is 5.30. The molecule has 4 nitrogen and oxygen atoms in total. The van der Waals surface area contributed by atoms with E-state index in [1.54, 1.807) is 0 Å². The van der Waals surface area contributed by atoms with Gasteiger partial charge in [-0.15, -0.1) is 10.2 Å². The fourth-order valence-electron chi connectivity index (χ4n) is 1.61. The Labute approximate surface area is 113 Å². The van der Waals surface area contributed by atoms with Crippen LogP contribution in [0.15, 0.2) is 28.7 Å². The molecule has 17 heavy (non-hydrogen) atoms. The number of anilines is 1. The fourth-order valence-corrected chi connectivity index (χ4v) is 2.19. The first kappa shape index (κ1) is 11.0. The van der Waals surface area contributed by atoms with Crippen LogP contribution in [0.3, 0.4) is 0 Å². The van der Waals surface area contributed by atoms with Crippen LogP contribution in [0.25, 0.3) is 0 Å². The molecule has 0 unspecified atom stereocenters. The molecule has 1 aliphatic rings. The smallest absolute Gasteiger partial charge is 0.235 e. The third kappa shape index (κ3) is 2.59. The predicted molar refractivity (Wildman–Crippen MR) is 72.8 cm³/mol. The van der Waals surface area contributed by atoms with Crippen molar-refractivity contribution in [1.82, 2.24) is 10.2 Å². The Morgan fingerprint density at radius 3 is 2.88 bits per heavy atom. The molecule has 0 aliphatic heterocycles. The van der Waals surface area contributed by atoms with Gasteiger partial charge in [0.1, 0.15) is 0 Å². The van der Waals surface area contributed by atoms with E-state index >= 15 is 0 Å². The average Bonchev–Trinajstić information content (AvgIpc) is 3.08. The lowest BCUT2D eigenvalue weighted by Gasteiger charge is -2.05. The van der Waals surface area contributed by atoms with E-state index in [2.05, 4.69) is 44.2 Å². The molecule has 0 amide bonds. The first-order valence-corrected chi connectivity index (χ1v) is 6.71. The lowest BCUT2D eigenvalue weighted by Crippen LogP contribution is -2.01. The molecule has 0 atom stereocenters. The number of hydrogen-bond donors (Lipinski definition) is 1. The van der Waals surface area contributed by atoms with E-state index < -0.39 is 0 Å². The van der Waals surface area contributed by atoms with Crippen LogP contribution < -0.4 is 5.32 Å². The summed E-state index contributed by atoms with van der Waals surface area (Å²) in [5.41, 5.74) is 1.10. The van der Waals surface area contributed by atoms with Crippen molar-refractivity contribution in [1.29, 1.82) is 0 Å². The molecule has 0 radical (unpaired) electrons. The van der Waals surface area contributed by atoms with E-state index in [0.29, 0.717) is 18.4 Å². The molecular formula is C12H12IN3O. The molecule has 88 valence electrons. The maximum Gasteiger partial charge on any atom is 0.235 e. The van der Waals surface area contributed by atoms with E-state index in [9.17, 15) is 0 Å². The van der Waals surface area contributed by atoms with Crippen LogP contribution >= 0.6 is 22.6 Å². The minimum absolute atomic E-state index is 0.521. The summed E-state index contributed by atoms with van der Waals surface area (Å²) in [6.45, 7) is 0.583. The summed E-state index contributed by atoms with van der Waals surface area (Å²) in [5.74, 6) is 1.98. The molecular weight excluding hydrogens is 329 g/mol. The average molecular weight is 341 g/mol. The SMILES string of the molecule is Ic1ccccc1NCc1nnc(C2CC2)o1. The van der Waals surface area contributed by atoms with Crippen molar-refractivity contribution in [3.05, 3.63) is 39.6 Å². The standard InChI is InChI=1S/C12H12IN3O/c13-9-3-1-2-4-10(9)14-7-11-15-16-12(17-11)8-5-6-8/h1-4,8,14H,5-7H2. The highest BCUT2D eigenvalue weighted by molar-refractivity contribution is 14.1. The van der Waals surface area contributed by atoms with Crippen molar-refractivity contribution >= 4 is 28.3 Å². The van der Waals surface area contributed by atoms with Crippen LogP contribution in [0.1, 0.15) is 30.5 Å². The Balaban J connectivity index is 1.65. The Kier molecular flexibility index (Phi) is 3.00. The van der Waals surface area contributed by atoms with Gasteiger partial charge in [-0.05, 0) is 47.6 Å². The molecule has 1 N–H and O–H groups in total. The molecule has 1 heterocycles. The molecule has 0 saturated heterocycles. The van der Waals surface area contributed by atoms with Gasteiger partial charge >= 0.3 is 0 Å². The highest BCUT2D eigenvalue weighted by Gasteiger charge is 2.29. The van der Waals surface area contributed by atoms with Gasteiger partial charge in [0.05, 0.1) is 6.54 Å². The highest BCUT2D eigenvalue weighted by atomic mass is 127. The minimum atomic E-state index is 0.521. The van der Waals surface area contributed by atoms with Crippen LogP contribution in [0, 0.1) is 3.57 Å². The quantitative estimate of drug-likeness (QED) is 0.868. The van der Waals surface area contributed by atoms with Gasteiger partial charge in [0, 0.05) is 15.2 Å². The highest BCUT2D eigenvalue weighted by Crippen LogP contribution is 2.39. The van der Waals surface area contributed by atoms with E-state index in [-0.39, 0.29) is 0 Å². The van der Waals surface area contributed by atoms with Gasteiger partial charge in [0.15, 0.2) is 0 Å². The van der Waals surface area contributed by atoms with Crippen molar-refractivity contribution in [3.8, 4) is 0 Å². The summed E-state index contributed by atoms with van der Waals surface area (Å²) in [4.78, 5) is 0. The number of nitrogens with zero attached hydrogens (tertiary/aromatic N) is 2. The lowest BCUT2D eigenvalue weighted by atomic mass is 10.3. The van der Waals surface area contributed by atoms with Crippen molar-refractivity contribution in [2.75, 3.05) is 5.32 Å². The van der Waals surface area contributed by atoms with Gasteiger partial charge in [0.2, 0.25) is 11.8 Å². The Hall–Kier alpha value is -1.11. The second-order valence-electron chi connectivity index (χ2n) is 4.14. The third-order valence-corrected chi connectivity index (χ3v) is 3.65. The lowest BCUT2D eigenvalue weighted by molar-refractivity contribution is 0.457. The van der Waals surface area contributed by atoms with Gasteiger partial charge < -0.3 is 9.73 Å². The Morgan fingerprint density at radius 2 is 2.12 bits per heavy atom. The maximum absolute atomic E-state index is 5.58. The molecule has 3 rings (SSSR count). The number of rotatable bonds is 4. The topological polar surface area (TPSA) is 51.0 Å². The van der Waals surface area contributed by atoms with E-state index in [0.717, 1.165) is 11.6 Å². The molecule has 1 aromatic carbocycles. The Morgan fingerprint density at radius 1 is 1.29 bits per heavy atom. The molecule has 0 bridgehead atoms. The zero-order valence-corrected chi connectivity index (χ0v) is 11.3. The molecule has 2 aromatic rings. The monoisotopic (exact) mass is 341 g/mol. The van der Waals surface area contributed by atoms with Gasteiger partial charge in [-0.25, -0.2) is 0 Å². The van der Waals surface area contributed by atoms with Crippen molar-refractivity contribution in [2.45, 2.75) is 25.3 Å². The number of aromatic nitrogens is 2. The van der Waals surface area contributed by atoms with E-state index in [4.69, 9.17) is 4.42 Å². The Bertz CT molecular complexity index is 522. The van der Waals surface area contributed by atoms with Gasteiger partial charge in [0.25, 0.3) is 0 Å². The van der Waals surface area contributed by atoms with Crippen LogP contribution in [0.5, 0.6) is 0 Å². The van der Waals surface area contributed by atoms with Crippen LogP contribution in [0.2, 0.25) is 0 Å². The van der Waals surface area contributed by atoms with Crippen LogP contribution in [-0.2, 0) is 6.54 Å². The molecule has 1 fully saturated rings. The predicted octanol–water partition coefficient (Wildman–Crippen LogP) is 3.16. The number of benzene rings is 1. The number of halogens is 1. The third-order valence-electron chi connectivity index (χ3n) is 2.71. The summed E-state index contributed by atoms with van der Waals surface area (Å²) in [7, 11) is 0. The zero-order valence-electron chi connectivity index (χ0n) is 9.19. The van der Waals surface area contributed by atoms with E-state index in [1.165, 1.54) is 16.4 Å². The largest absolute Gasteiger partial charge is 0.423 e. The fraction of sp³-hybridized carbons (Fsp3) is 0.333. The summed E-state index contributed by atoms with van der Waals surface area (Å²) in [6.07, 6.45) is 2.37. The molecule has 1 saturated carbocycles. The zero-order chi connectivity index (χ0) is 11.7. The number of para-hydroxylation sites is 1. The summed E-state index contributed by atoms with van der Waals surface area (Å²) in [5, 5.41) is 11.4. The molecule has 5 heteroatoms. The molecule has 1 aromatic heterocycles. The summed E-state index contributed by atoms with van der Waals surface area (Å²) >= 11 is 2.30. The van der Waals surface area contributed by atoms with Crippen molar-refractivity contribution < 1.29 is 4.42 Å². The van der Waals surface area contributed by atoms with Crippen molar-refractivity contribution in [2.24, 2.45) is 0 Å². The second kappa shape index (κ2) is 4.64.